The number of thiophene rings is 1. The van der Waals surface area contributed by atoms with Gasteiger partial charge in [-0.1, -0.05) is 36.4 Å². The summed E-state index contributed by atoms with van der Waals surface area (Å²) in [6, 6.07) is 19.5. The van der Waals surface area contributed by atoms with Crippen molar-refractivity contribution in [3.63, 3.8) is 0 Å². The number of hydrogen-bond donors (Lipinski definition) is 1. The Bertz CT molecular complexity index is 1100. The van der Waals surface area contributed by atoms with Crippen molar-refractivity contribution in [2.24, 2.45) is 0 Å². The van der Waals surface area contributed by atoms with Gasteiger partial charge in [0, 0.05) is 11.3 Å². The van der Waals surface area contributed by atoms with E-state index in [1.165, 1.54) is 10.4 Å². The Morgan fingerprint density at radius 2 is 1.84 bits per heavy atom. The highest BCUT2D eigenvalue weighted by atomic mass is 32.1. The van der Waals surface area contributed by atoms with Crippen molar-refractivity contribution in [1.29, 1.82) is 5.26 Å². The molecule has 0 bridgehead atoms. The zero-order valence-electron chi connectivity index (χ0n) is 13.2. The fourth-order valence-electron chi connectivity index (χ4n) is 2.61. The number of pyridine rings is 1. The van der Waals surface area contributed by atoms with Crippen LogP contribution in [0, 0.1) is 11.3 Å². The van der Waals surface area contributed by atoms with Gasteiger partial charge in [0.25, 0.3) is 0 Å². The summed E-state index contributed by atoms with van der Waals surface area (Å²) in [7, 11) is 0. The van der Waals surface area contributed by atoms with Crippen molar-refractivity contribution >= 4 is 27.4 Å². The standard InChI is InChI=1S/C19H13N5S/c20-11-13-7-4-8-16(22-13)18-23-17(21)15-10-14(25-19(15)24-18)9-12-5-2-1-3-6-12/h1-8,10H,9H2,(H2,21,23,24). The Kier molecular flexibility index (Phi) is 3.84. The average Bonchev–Trinajstić information content (AvgIpc) is 3.05. The van der Waals surface area contributed by atoms with Crippen LogP contribution in [-0.2, 0) is 6.42 Å². The van der Waals surface area contributed by atoms with Crippen molar-refractivity contribution in [2.45, 2.75) is 6.42 Å². The van der Waals surface area contributed by atoms with Crippen molar-refractivity contribution in [2.75, 3.05) is 5.73 Å². The van der Waals surface area contributed by atoms with Crippen LogP contribution in [0.1, 0.15) is 16.1 Å². The Morgan fingerprint density at radius 3 is 2.64 bits per heavy atom. The number of nitrogen functional groups attached to an aromatic ring is 1. The van der Waals surface area contributed by atoms with Gasteiger partial charge in [-0.05, 0) is 23.8 Å². The molecule has 1 aromatic carbocycles. The molecule has 3 aromatic heterocycles. The molecule has 0 spiro atoms. The summed E-state index contributed by atoms with van der Waals surface area (Å²) in [6.45, 7) is 0. The minimum Gasteiger partial charge on any atom is -0.383 e. The molecule has 5 nitrogen and oxygen atoms in total. The van der Waals surface area contributed by atoms with Gasteiger partial charge >= 0.3 is 0 Å². The number of rotatable bonds is 3. The van der Waals surface area contributed by atoms with Gasteiger partial charge in [-0.2, -0.15) is 5.26 Å². The lowest BCUT2D eigenvalue weighted by atomic mass is 10.1. The van der Waals surface area contributed by atoms with Gasteiger partial charge in [0.2, 0.25) is 0 Å². The third kappa shape index (κ3) is 3.05. The largest absolute Gasteiger partial charge is 0.383 e. The summed E-state index contributed by atoms with van der Waals surface area (Å²) in [5.74, 6) is 0.870. The first-order valence-corrected chi connectivity index (χ1v) is 8.52. The number of hydrogen-bond acceptors (Lipinski definition) is 6. The summed E-state index contributed by atoms with van der Waals surface area (Å²) in [5, 5.41) is 9.86. The monoisotopic (exact) mass is 343 g/mol. The van der Waals surface area contributed by atoms with E-state index in [4.69, 9.17) is 11.0 Å². The van der Waals surface area contributed by atoms with Gasteiger partial charge in [0.15, 0.2) is 5.82 Å². The van der Waals surface area contributed by atoms with E-state index in [1.807, 2.05) is 30.3 Å². The highest BCUT2D eigenvalue weighted by Crippen LogP contribution is 2.30. The van der Waals surface area contributed by atoms with Crippen LogP contribution in [0.2, 0.25) is 0 Å². The molecule has 4 aromatic rings. The third-order valence-corrected chi connectivity index (χ3v) is 4.82. The summed E-state index contributed by atoms with van der Waals surface area (Å²) in [4.78, 5) is 15.2. The van der Waals surface area contributed by atoms with Crippen LogP contribution in [0.5, 0.6) is 0 Å². The molecule has 0 unspecified atom stereocenters. The van der Waals surface area contributed by atoms with Crippen LogP contribution in [0.3, 0.4) is 0 Å². The summed E-state index contributed by atoms with van der Waals surface area (Å²) >= 11 is 1.60. The maximum absolute atomic E-state index is 9.00. The number of nitriles is 1. The van der Waals surface area contributed by atoms with E-state index in [0.29, 0.717) is 23.0 Å². The molecule has 6 heteroatoms. The molecule has 0 saturated carbocycles. The van der Waals surface area contributed by atoms with Crippen LogP contribution < -0.4 is 5.73 Å². The highest BCUT2D eigenvalue weighted by Gasteiger charge is 2.12. The van der Waals surface area contributed by atoms with Crippen LogP contribution in [0.15, 0.2) is 54.6 Å². The molecule has 0 saturated heterocycles. The maximum atomic E-state index is 9.00. The van der Waals surface area contributed by atoms with Gasteiger partial charge in [-0.25, -0.2) is 15.0 Å². The van der Waals surface area contributed by atoms with Gasteiger partial charge < -0.3 is 5.73 Å². The molecule has 0 fully saturated rings. The predicted octanol–water partition coefficient (Wildman–Crippen LogP) is 3.80. The van der Waals surface area contributed by atoms with Gasteiger partial charge in [0.1, 0.15) is 28.1 Å². The maximum Gasteiger partial charge on any atom is 0.181 e. The van der Waals surface area contributed by atoms with E-state index in [9.17, 15) is 0 Å². The summed E-state index contributed by atoms with van der Waals surface area (Å²) in [5.41, 5.74) is 8.25. The van der Waals surface area contributed by atoms with E-state index < -0.39 is 0 Å². The lowest BCUT2D eigenvalue weighted by Gasteiger charge is -2.01. The number of fused-ring (bicyclic) bond motifs is 1. The molecule has 3 heterocycles. The smallest absolute Gasteiger partial charge is 0.181 e. The molecular formula is C19H13N5S. The average molecular weight is 343 g/mol. The van der Waals surface area contributed by atoms with Crippen molar-refractivity contribution in [3.05, 3.63) is 70.7 Å². The molecule has 0 amide bonds. The number of aromatic nitrogens is 3. The van der Waals surface area contributed by atoms with Crippen LogP contribution in [-0.4, -0.2) is 15.0 Å². The number of benzene rings is 1. The van der Waals surface area contributed by atoms with Crippen molar-refractivity contribution in [1.82, 2.24) is 15.0 Å². The van der Waals surface area contributed by atoms with Gasteiger partial charge in [-0.3, -0.25) is 0 Å². The zero-order chi connectivity index (χ0) is 17.2. The molecule has 0 aliphatic heterocycles. The first-order chi connectivity index (χ1) is 12.2. The van der Waals surface area contributed by atoms with E-state index in [0.717, 1.165) is 16.6 Å². The van der Waals surface area contributed by atoms with Crippen molar-refractivity contribution < 1.29 is 0 Å². The number of nitrogens with zero attached hydrogens (tertiary/aromatic N) is 4. The van der Waals surface area contributed by atoms with Crippen LogP contribution in [0.25, 0.3) is 21.7 Å². The molecule has 120 valence electrons. The van der Waals surface area contributed by atoms with Gasteiger partial charge in [-0.15, -0.1) is 11.3 Å². The lowest BCUT2D eigenvalue weighted by molar-refractivity contribution is 1.17. The molecule has 0 radical (unpaired) electrons. The highest BCUT2D eigenvalue weighted by molar-refractivity contribution is 7.18. The second-order valence-electron chi connectivity index (χ2n) is 5.55. The zero-order valence-corrected chi connectivity index (χ0v) is 14.0. The van der Waals surface area contributed by atoms with E-state index >= 15 is 0 Å². The lowest BCUT2D eigenvalue weighted by Crippen LogP contribution is -1.98. The minimum absolute atomic E-state index is 0.329. The Morgan fingerprint density at radius 1 is 1.00 bits per heavy atom. The first-order valence-electron chi connectivity index (χ1n) is 7.70. The van der Waals surface area contributed by atoms with Crippen molar-refractivity contribution in [3.8, 4) is 17.6 Å². The first kappa shape index (κ1) is 15.2. The number of anilines is 1. The fourth-order valence-corrected chi connectivity index (χ4v) is 3.68. The quantitative estimate of drug-likeness (QED) is 0.611. The van der Waals surface area contributed by atoms with Crippen LogP contribution >= 0.6 is 11.3 Å². The number of nitrogens with two attached hydrogens (primary N) is 1. The van der Waals surface area contributed by atoms with Gasteiger partial charge in [0.05, 0.1) is 5.39 Å². The Balaban J connectivity index is 1.75. The molecular weight excluding hydrogens is 330 g/mol. The van der Waals surface area contributed by atoms with E-state index in [2.05, 4.69) is 27.1 Å². The second kappa shape index (κ2) is 6.30. The normalized spacial score (nSPS) is 10.7. The topological polar surface area (TPSA) is 88.5 Å². The van der Waals surface area contributed by atoms with E-state index in [-0.39, 0.29) is 0 Å². The second-order valence-corrected chi connectivity index (χ2v) is 6.66. The molecule has 2 N–H and O–H groups in total. The minimum atomic E-state index is 0.329. The molecule has 0 aliphatic rings. The molecule has 4 rings (SSSR count). The Hall–Kier alpha value is -3.30. The SMILES string of the molecule is N#Cc1cccc(-c2nc(N)c3cc(Cc4ccccc4)sc3n2)n1. The Labute approximate surface area is 148 Å². The summed E-state index contributed by atoms with van der Waals surface area (Å²) < 4.78 is 0. The van der Waals surface area contributed by atoms with Crippen LogP contribution in [0.4, 0.5) is 5.82 Å². The third-order valence-electron chi connectivity index (χ3n) is 3.79. The predicted molar refractivity (Wildman–Crippen MR) is 99.0 cm³/mol. The molecule has 25 heavy (non-hydrogen) atoms. The van der Waals surface area contributed by atoms with E-state index in [1.54, 1.807) is 29.5 Å². The summed E-state index contributed by atoms with van der Waals surface area (Å²) in [6.07, 6.45) is 0.832. The molecule has 0 atom stereocenters. The fraction of sp³-hybridized carbons (Fsp3) is 0.0526. The molecule has 0 aliphatic carbocycles.